The zero-order valence-corrected chi connectivity index (χ0v) is 18.1. The molecule has 1 saturated heterocycles. The summed E-state index contributed by atoms with van der Waals surface area (Å²) < 4.78 is 13.2. The Labute approximate surface area is 187 Å². The van der Waals surface area contributed by atoms with Gasteiger partial charge in [0.1, 0.15) is 17.3 Å². The first-order chi connectivity index (χ1) is 15.6. The quantitative estimate of drug-likeness (QED) is 0.491. The number of nitrogens with zero attached hydrogens (tertiary/aromatic N) is 4. The number of rotatable bonds is 9. The lowest BCUT2D eigenvalue weighted by Gasteiger charge is -2.37. The van der Waals surface area contributed by atoms with Gasteiger partial charge >= 0.3 is 0 Å². The molecule has 2 N–H and O–H groups in total. The second-order valence-electron chi connectivity index (χ2n) is 8.01. The van der Waals surface area contributed by atoms with E-state index < -0.39 is 0 Å². The molecule has 1 aliphatic rings. The van der Waals surface area contributed by atoms with Crippen LogP contribution in [0.1, 0.15) is 29.8 Å². The molecule has 3 heterocycles. The Bertz CT molecular complexity index is 1060. The molecule has 1 aliphatic heterocycles. The molecule has 32 heavy (non-hydrogen) atoms. The van der Waals surface area contributed by atoms with Gasteiger partial charge in [0.15, 0.2) is 0 Å². The highest BCUT2D eigenvalue weighted by Gasteiger charge is 2.26. The van der Waals surface area contributed by atoms with Gasteiger partial charge in [0, 0.05) is 56.0 Å². The summed E-state index contributed by atoms with van der Waals surface area (Å²) >= 11 is 0. The van der Waals surface area contributed by atoms with Gasteiger partial charge in [-0.3, -0.25) is 4.90 Å². The molecule has 4 rings (SSSR count). The molecule has 2 aromatic heterocycles. The molecule has 0 aliphatic carbocycles. The zero-order chi connectivity index (χ0) is 22.3. The molecular formula is C24H28N4O4. The Kier molecular flexibility index (Phi) is 7.22. The lowest BCUT2D eigenvalue weighted by atomic mass is 10.1. The monoisotopic (exact) mass is 436 g/mol. The van der Waals surface area contributed by atoms with Gasteiger partial charge in [-0.15, -0.1) is 0 Å². The molecule has 8 heteroatoms. The van der Waals surface area contributed by atoms with Crippen molar-refractivity contribution in [2.75, 3.05) is 32.8 Å². The predicted octanol–water partition coefficient (Wildman–Crippen LogP) is 1.55. The van der Waals surface area contributed by atoms with Crippen LogP contribution in [0.5, 0.6) is 5.75 Å². The van der Waals surface area contributed by atoms with Crippen molar-refractivity contribution in [1.82, 2.24) is 19.6 Å². The third-order valence-electron chi connectivity index (χ3n) is 5.39. The fourth-order valence-corrected chi connectivity index (χ4v) is 3.62. The minimum absolute atomic E-state index is 0.0124. The lowest BCUT2D eigenvalue weighted by molar-refractivity contribution is -0.0164. The van der Waals surface area contributed by atoms with Gasteiger partial charge in [0.25, 0.3) is 0 Å². The van der Waals surface area contributed by atoms with Crippen molar-refractivity contribution < 1.29 is 19.5 Å². The van der Waals surface area contributed by atoms with Gasteiger partial charge in [-0.2, -0.15) is 0 Å². The van der Waals surface area contributed by atoms with Crippen LogP contribution < -0.4 is 4.74 Å². The number of hydrogen-bond acceptors (Lipinski definition) is 7. The summed E-state index contributed by atoms with van der Waals surface area (Å²) in [5.74, 6) is 8.34. The number of aliphatic hydroxyl groups excluding tert-OH is 2. The fraction of sp³-hybridized carbons (Fsp3) is 0.417. The minimum atomic E-state index is -0.238. The molecule has 1 aromatic carbocycles. The third-order valence-corrected chi connectivity index (χ3v) is 5.39. The van der Waals surface area contributed by atoms with Crippen molar-refractivity contribution in [1.29, 1.82) is 0 Å². The van der Waals surface area contributed by atoms with Crippen molar-refractivity contribution in [2.24, 2.45) is 5.92 Å². The number of aliphatic hydroxyl groups is 2. The molecule has 1 atom stereocenters. The molecule has 1 unspecified atom stereocenters. The van der Waals surface area contributed by atoms with E-state index in [4.69, 9.17) is 9.26 Å². The van der Waals surface area contributed by atoms with Crippen LogP contribution in [0.3, 0.4) is 0 Å². The molecule has 3 aromatic rings. The topological polar surface area (TPSA) is 96.8 Å². The van der Waals surface area contributed by atoms with E-state index in [1.807, 2.05) is 41.1 Å². The number of ether oxygens (including phenoxy) is 1. The summed E-state index contributed by atoms with van der Waals surface area (Å²) in [4.78, 5) is 6.42. The summed E-state index contributed by atoms with van der Waals surface area (Å²) in [6.07, 6.45) is 4.34. The van der Waals surface area contributed by atoms with Crippen molar-refractivity contribution in [3.05, 3.63) is 65.6 Å². The Hall–Kier alpha value is -3.12. The van der Waals surface area contributed by atoms with Crippen LogP contribution in [-0.2, 0) is 13.0 Å². The summed E-state index contributed by atoms with van der Waals surface area (Å²) in [5, 5.41) is 23.0. The number of imidazole rings is 1. The Morgan fingerprint density at radius 1 is 1.25 bits per heavy atom. The molecule has 0 saturated carbocycles. The average molecular weight is 437 g/mol. The molecule has 0 amide bonds. The van der Waals surface area contributed by atoms with Crippen LogP contribution in [0.15, 0.2) is 47.2 Å². The fourth-order valence-electron chi connectivity index (χ4n) is 3.62. The average Bonchev–Trinajstić information content (AvgIpc) is 3.43. The SMILES string of the molecule is CCc1nccn1Cc1cc(C#Cc2ccc(OCC(CO)CN3CC(O)C3)cc2)on1. The van der Waals surface area contributed by atoms with Gasteiger partial charge in [-0.25, -0.2) is 4.98 Å². The Balaban J connectivity index is 1.28. The normalized spacial score (nSPS) is 15.1. The second-order valence-corrected chi connectivity index (χ2v) is 8.01. The van der Waals surface area contributed by atoms with Crippen LogP contribution in [0.2, 0.25) is 0 Å². The van der Waals surface area contributed by atoms with Crippen molar-refractivity contribution >= 4 is 0 Å². The number of aryl methyl sites for hydroxylation is 1. The Morgan fingerprint density at radius 3 is 2.78 bits per heavy atom. The van der Waals surface area contributed by atoms with Crippen molar-refractivity contribution in [2.45, 2.75) is 26.0 Å². The highest BCUT2D eigenvalue weighted by atomic mass is 16.5. The number of β-amino-alcohol motifs (C(OH)–C–C–N with tert-alkyl or cyclic N) is 1. The highest BCUT2D eigenvalue weighted by Crippen LogP contribution is 2.15. The van der Waals surface area contributed by atoms with E-state index in [1.54, 1.807) is 6.20 Å². The summed E-state index contributed by atoms with van der Waals surface area (Å²) in [7, 11) is 0. The molecule has 0 spiro atoms. The van der Waals surface area contributed by atoms with Crippen LogP contribution in [0.4, 0.5) is 0 Å². The van der Waals surface area contributed by atoms with Crippen LogP contribution >= 0.6 is 0 Å². The van der Waals surface area contributed by atoms with E-state index in [0.717, 1.165) is 35.8 Å². The number of benzene rings is 1. The summed E-state index contributed by atoms with van der Waals surface area (Å²) in [6, 6.07) is 9.35. The van der Waals surface area contributed by atoms with Crippen molar-refractivity contribution in [3.8, 4) is 17.6 Å². The van der Waals surface area contributed by atoms with E-state index >= 15 is 0 Å². The van der Waals surface area contributed by atoms with Gasteiger partial charge in [-0.1, -0.05) is 18.0 Å². The molecule has 1 fully saturated rings. The standard InChI is InChI=1S/C24H28N4O4/c1-2-24-25-9-10-28(24)13-20-11-23(32-26-20)8-5-18-3-6-22(7-4-18)31-17-19(16-29)12-27-14-21(30)15-27/h3-4,6-7,9-11,19,21,29-30H,2,12-17H2,1H3. The van der Waals surface area contributed by atoms with E-state index in [0.29, 0.717) is 32.0 Å². The van der Waals surface area contributed by atoms with E-state index in [9.17, 15) is 10.2 Å². The van der Waals surface area contributed by atoms with Crippen LogP contribution in [0.25, 0.3) is 0 Å². The van der Waals surface area contributed by atoms with Gasteiger partial charge in [-0.05, 0) is 30.2 Å². The number of aromatic nitrogens is 3. The number of likely N-dealkylation sites (tertiary alicyclic amines) is 1. The molecule has 168 valence electrons. The lowest BCUT2D eigenvalue weighted by Crippen LogP contribution is -2.53. The van der Waals surface area contributed by atoms with Gasteiger partial charge < -0.3 is 24.0 Å². The Morgan fingerprint density at radius 2 is 2.06 bits per heavy atom. The van der Waals surface area contributed by atoms with Crippen LogP contribution in [-0.4, -0.2) is 68.8 Å². The van der Waals surface area contributed by atoms with E-state index in [-0.39, 0.29) is 18.6 Å². The maximum atomic E-state index is 9.55. The predicted molar refractivity (Wildman–Crippen MR) is 118 cm³/mol. The highest BCUT2D eigenvalue weighted by molar-refractivity contribution is 5.41. The zero-order valence-electron chi connectivity index (χ0n) is 18.1. The van der Waals surface area contributed by atoms with E-state index in [2.05, 4.69) is 33.8 Å². The first-order valence-electron chi connectivity index (χ1n) is 10.8. The maximum Gasteiger partial charge on any atom is 0.210 e. The molecular weight excluding hydrogens is 408 g/mol. The minimum Gasteiger partial charge on any atom is -0.493 e. The van der Waals surface area contributed by atoms with Gasteiger partial charge in [0.05, 0.1) is 25.9 Å². The number of hydrogen-bond donors (Lipinski definition) is 2. The largest absolute Gasteiger partial charge is 0.493 e. The molecule has 0 radical (unpaired) electrons. The second kappa shape index (κ2) is 10.5. The third kappa shape index (κ3) is 5.77. The summed E-state index contributed by atoms with van der Waals surface area (Å²) in [5.41, 5.74) is 1.64. The first kappa shape index (κ1) is 22.1. The summed E-state index contributed by atoms with van der Waals surface area (Å²) in [6.45, 7) is 5.20. The van der Waals surface area contributed by atoms with Crippen molar-refractivity contribution in [3.63, 3.8) is 0 Å². The maximum absolute atomic E-state index is 9.55. The van der Waals surface area contributed by atoms with Crippen LogP contribution in [0, 0.1) is 17.8 Å². The van der Waals surface area contributed by atoms with Gasteiger partial charge in [0.2, 0.25) is 5.76 Å². The molecule has 8 nitrogen and oxygen atoms in total. The van der Waals surface area contributed by atoms with E-state index in [1.165, 1.54) is 0 Å². The smallest absolute Gasteiger partial charge is 0.210 e. The molecule has 0 bridgehead atoms. The first-order valence-corrected chi connectivity index (χ1v) is 10.8.